The molecule has 0 aliphatic rings. The van der Waals surface area contributed by atoms with Crippen LogP contribution in [0.25, 0.3) is 0 Å². The first kappa shape index (κ1) is 28.8. The molecule has 0 aliphatic heterocycles. The number of nitrogens with one attached hydrogen (secondary N) is 2. The zero-order valence-electron chi connectivity index (χ0n) is 16.0. The van der Waals surface area contributed by atoms with Crippen LogP contribution in [-0.2, 0) is 0 Å². The van der Waals surface area contributed by atoms with Gasteiger partial charge in [0.25, 0.3) is 11.1 Å². The summed E-state index contributed by atoms with van der Waals surface area (Å²) in [5.41, 5.74) is 4.67. The van der Waals surface area contributed by atoms with Gasteiger partial charge in [-0.3, -0.25) is 20.9 Å². The van der Waals surface area contributed by atoms with Crippen molar-refractivity contribution in [1.29, 1.82) is 0 Å². The molecule has 0 heterocycles. The maximum Gasteiger partial charge on any atom is 0.265 e. The minimum Gasteiger partial charge on any atom is -0.496 e. The number of hydrazine groups is 2. The van der Waals surface area contributed by atoms with Gasteiger partial charge in [0.1, 0.15) is 11.5 Å². The highest BCUT2D eigenvalue weighted by molar-refractivity contribution is 6.67. The number of rotatable bonds is 4. The van der Waals surface area contributed by atoms with E-state index in [9.17, 15) is 9.59 Å². The molecule has 0 saturated heterocycles. The largest absolute Gasteiger partial charge is 0.496 e. The van der Waals surface area contributed by atoms with E-state index in [4.69, 9.17) is 26.9 Å². The van der Waals surface area contributed by atoms with Crippen molar-refractivity contribution in [3.05, 3.63) is 58.7 Å². The zero-order valence-corrected chi connectivity index (χ0v) is 17.5. The predicted molar refractivity (Wildman–Crippen MR) is 117 cm³/mol. The van der Waals surface area contributed by atoms with Crippen molar-refractivity contribution in [2.45, 2.75) is 21.3 Å². The summed E-state index contributed by atoms with van der Waals surface area (Å²) in [5.74, 6) is 10.4. The number of amides is 1. The Morgan fingerprint density at radius 1 is 0.897 bits per heavy atom. The summed E-state index contributed by atoms with van der Waals surface area (Å²) >= 11 is 9.87. The molecule has 0 atom stereocenters. The van der Waals surface area contributed by atoms with E-state index in [-0.39, 0.29) is 13.3 Å². The molecule has 8 nitrogen and oxygen atoms in total. The number of carbonyl (C=O) groups excluding carboxylic acids is 2. The SMILES string of the molecule is C.COc1cccc(C(=O)Cl)c1C.COc1cccc(C(=O)NN)c1C.NNCl. The number of nitrogen functional groups attached to an aromatic ring is 1. The number of hydrogen-bond acceptors (Lipinski definition) is 7. The molecule has 29 heavy (non-hydrogen) atoms. The van der Waals surface area contributed by atoms with Crippen molar-refractivity contribution < 1.29 is 19.1 Å². The number of ether oxygens (including phenoxy) is 2. The van der Waals surface area contributed by atoms with Crippen LogP contribution in [-0.4, -0.2) is 25.4 Å². The monoisotopic (exact) mass is 446 g/mol. The zero-order chi connectivity index (χ0) is 21.7. The van der Waals surface area contributed by atoms with Crippen LogP contribution in [0.5, 0.6) is 11.5 Å². The Balaban J connectivity index is 0. The maximum absolute atomic E-state index is 11.2. The number of nitrogens with two attached hydrogens (primary N) is 2. The fourth-order valence-electron chi connectivity index (χ4n) is 2.21. The lowest BCUT2D eigenvalue weighted by Gasteiger charge is -2.08. The first-order valence-electron chi connectivity index (χ1n) is 7.83. The average molecular weight is 447 g/mol. The predicted octanol–water partition coefficient (Wildman–Crippen LogP) is 3.23. The molecule has 1 amide bonds. The molecule has 0 fully saturated rings. The van der Waals surface area contributed by atoms with Gasteiger partial charge in [-0.05, 0) is 61.5 Å². The van der Waals surface area contributed by atoms with Gasteiger partial charge in [-0.2, -0.15) is 4.94 Å². The van der Waals surface area contributed by atoms with Crippen LogP contribution in [0.1, 0.15) is 39.3 Å². The topological polar surface area (TPSA) is 129 Å². The normalized spacial score (nSPS) is 8.83. The Morgan fingerprint density at radius 3 is 1.62 bits per heavy atom. The Kier molecular flexibility index (Phi) is 15.5. The molecule has 0 saturated carbocycles. The van der Waals surface area contributed by atoms with Gasteiger partial charge in [0.05, 0.1) is 14.2 Å². The third-order valence-corrected chi connectivity index (χ3v) is 3.80. The van der Waals surface area contributed by atoms with E-state index in [1.807, 2.05) is 6.92 Å². The molecule has 0 bridgehead atoms. The number of benzene rings is 2. The van der Waals surface area contributed by atoms with Crippen molar-refractivity contribution in [2.24, 2.45) is 11.7 Å². The first-order chi connectivity index (χ1) is 13.3. The molecule has 162 valence electrons. The molecular formula is C19H28Cl2N4O4. The minimum atomic E-state index is -0.452. The second-order valence-corrected chi connectivity index (χ2v) is 5.68. The van der Waals surface area contributed by atoms with Gasteiger partial charge in [0.15, 0.2) is 0 Å². The van der Waals surface area contributed by atoms with Crippen LogP contribution in [0.3, 0.4) is 0 Å². The van der Waals surface area contributed by atoms with Gasteiger partial charge in [0, 0.05) is 22.3 Å². The van der Waals surface area contributed by atoms with Crippen LogP contribution >= 0.6 is 23.4 Å². The number of methoxy groups -OCH3 is 2. The van der Waals surface area contributed by atoms with Gasteiger partial charge >= 0.3 is 0 Å². The molecule has 0 aromatic heterocycles. The first-order valence-corrected chi connectivity index (χ1v) is 8.58. The fourth-order valence-corrected chi connectivity index (χ4v) is 2.41. The van der Waals surface area contributed by atoms with Crippen LogP contribution < -0.4 is 31.5 Å². The molecule has 0 unspecified atom stereocenters. The van der Waals surface area contributed by atoms with Gasteiger partial charge in [-0.1, -0.05) is 19.6 Å². The summed E-state index contributed by atoms with van der Waals surface area (Å²) in [6, 6.07) is 10.4. The fraction of sp³-hybridized carbons (Fsp3) is 0.263. The van der Waals surface area contributed by atoms with E-state index in [2.05, 4.69) is 23.0 Å². The van der Waals surface area contributed by atoms with E-state index in [1.54, 1.807) is 62.5 Å². The van der Waals surface area contributed by atoms with Gasteiger partial charge in [-0.15, -0.1) is 0 Å². The highest BCUT2D eigenvalue weighted by Gasteiger charge is 2.10. The molecule has 2 rings (SSSR count). The Morgan fingerprint density at radius 2 is 1.28 bits per heavy atom. The summed E-state index contributed by atoms with van der Waals surface area (Å²) in [4.78, 5) is 23.8. The Bertz CT molecular complexity index is 789. The number of halogens is 2. The number of hydrogen-bond donors (Lipinski definition) is 4. The second kappa shape index (κ2) is 15.5. The molecule has 10 heteroatoms. The molecule has 0 spiro atoms. The van der Waals surface area contributed by atoms with Crippen molar-refractivity contribution in [3.63, 3.8) is 0 Å². The van der Waals surface area contributed by atoms with E-state index in [0.717, 1.165) is 11.1 Å². The molecule has 2 aromatic rings. The number of carbonyl (C=O) groups is 2. The Labute approximate surface area is 181 Å². The molecule has 0 aliphatic carbocycles. The third kappa shape index (κ3) is 9.12. The van der Waals surface area contributed by atoms with E-state index >= 15 is 0 Å². The lowest BCUT2D eigenvalue weighted by atomic mass is 10.1. The second-order valence-electron chi connectivity index (χ2n) is 5.12. The minimum absolute atomic E-state index is 0. The van der Waals surface area contributed by atoms with Gasteiger partial charge in [0.2, 0.25) is 0 Å². The molecule has 2 aromatic carbocycles. The van der Waals surface area contributed by atoms with Crippen LogP contribution in [0, 0.1) is 13.8 Å². The van der Waals surface area contributed by atoms with Crippen molar-refractivity contribution in [2.75, 3.05) is 14.2 Å². The molecular weight excluding hydrogens is 419 g/mol. The summed E-state index contributed by atoms with van der Waals surface area (Å²) in [7, 11) is 3.12. The van der Waals surface area contributed by atoms with Crippen LogP contribution in [0.4, 0.5) is 0 Å². The Hall–Kier alpha value is -2.36. The van der Waals surface area contributed by atoms with E-state index in [1.165, 1.54) is 0 Å². The quantitative estimate of drug-likeness (QED) is 0.186. The third-order valence-electron chi connectivity index (χ3n) is 3.60. The van der Waals surface area contributed by atoms with Crippen LogP contribution in [0.2, 0.25) is 0 Å². The molecule has 6 N–H and O–H groups in total. The van der Waals surface area contributed by atoms with Gasteiger partial charge in [-0.25, -0.2) is 5.84 Å². The van der Waals surface area contributed by atoms with Gasteiger partial charge < -0.3 is 9.47 Å². The smallest absolute Gasteiger partial charge is 0.265 e. The summed E-state index contributed by atoms with van der Waals surface area (Å²) in [6.07, 6.45) is 0. The van der Waals surface area contributed by atoms with E-state index < -0.39 is 5.24 Å². The summed E-state index contributed by atoms with van der Waals surface area (Å²) < 4.78 is 10.1. The lowest BCUT2D eigenvalue weighted by molar-refractivity contribution is 0.0952. The van der Waals surface area contributed by atoms with Crippen molar-refractivity contribution >= 4 is 34.5 Å². The van der Waals surface area contributed by atoms with Crippen molar-refractivity contribution in [3.8, 4) is 11.5 Å². The summed E-state index contributed by atoms with van der Waals surface area (Å²) in [6.45, 7) is 3.61. The summed E-state index contributed by atoms with van der Waals surface area (Å²) in [5, 5.41) is -0.452. The molecule has 0 radical (unpaired) electrons. The standard InChI is InChI=1S/C9H9ClO2.C9H12N2O2.CH4.ClH3N2/c1-6-7(9(10)11)4-3-5-8(6)12-2;1-6-7(9(12)11-10)4-3-5-8(6)13-2;;1-3-2/h3-5H,1-2H3;3-5H,10H2,1-2H3,(H,11,12);1H4;3H,2H2. The van der Waals surface area contributed by atoms with Crippen molar-refractivity contribution in [1.82, 2.24) is 10.4 Å². The highest BCUT2D eigenvalue weighted by Crippen LogP contribution is 2.22. The van der Waals surface area contributed by atoms with Crippen LogP contribution in [0.15, 0.2) is 36.4 Å². The lowest BCUT2D eigenvalue weighted by Crippen LogP contribution is -2.30. The average Bonchev–Trinajstić information content (AvgIpc) is 2.68. The highest BCUT2D eigenvalue weighted by atomic mass is 35.5. The maximum atomic E-state index is 11.2. The van der Waals surface area contributed by atoms with E-state index in [0.29, 0.717) is 22.6 Å².